The first-order valence-electron chi connectivity index (χ1n) is 7.26. The Morgan fingerprint density at radius 1 is 1.41 bits per heavy atom. The van der Waals surface area contributed by atoms with E-state index in [9.17, 15) is 9.18 Å². The minimum absolute atomic E-state index is 0.0333. The minimum atomic E-state index is -0.283. The molecule has 0 bridgehead atoms. The molecule has 0 atom stereocenters. The average molecular weight is 327 g/mol. The van der Waals surface area contributed by atoms with Crippen molar-refractivity contribution in [3.8, 4) is 5.75 Å². The number of hydrogen-bond donors (Lipinski definition) is 1. The third kappa shape index (κ3) is 5.18. The standard InChI is InChI=1S/C16H22FNO3S/c1-16(2,3)18-14(19)4-5-22-9-12-7-13(17)6-11-8-20-10-21-15(11)12/h6-7H,4-5,8-10H2,1-3H3,(H,18,19). The first-order valence-corrected chi connectivity index (χ1v) is 8.41. The summed E-state index contributed by atoms with van der Waals surface area (Å²) in [6.07, 6.45) is 0.448. The first kappa shape index (κ1) is 17.1. The normalized spacial score (nSPS) is 14.2. The predicted octanol–water partition coefficient (Wildman–Crippen LogP) is 3.23. The van der Waals surface area contributed by atoms with Crippen molar-refractivity contribution in [3.63, 3.8) is 0 Å². The second-order valence-electron chi connectivity index (χ2n) is 6.26. The van der Waals surface area contributed by atoms with E-state index < -0.39 is 0 Å². The molecular formula is C16H22FNO3S. The van der Waals surface area contributed by atoms with Crippen LogP contribution in [-0.4, -0.2) is 24.0 Å². The first-order chi connectivity index (χ1) is 10.3. The maximum Gasteiger partial charge on any atom is 0.221 e. The second-order valence-corrected chi connectivity index (χ2v) is 7.37. The smallest absolute Gasteiger partial charge is 0.221 e. The highest BCUT2D eigenvalue weighted by atomic mass is 32.2. The van der Waals surface area contributed by atoms with E-state index in [2.05, 4.69) is 5.32 Å². The number of fused-ring (bicyclic) bond motifs is 1. The third-order valence-electron chi connectivity index (χ3n) is 3.00. The molecule has 0 aliphatic carbocycles. The van der Waals surface area contributed by atoms with Gasteiger partial charge in [-0.2, -0.15) is 11.8 Å². The molecule has 1 N–H and O–H groups in total. The Balaban J connectivity index is 1.85. The van der Waals surface area contributed by atoms with Gasteiger partial charge in [0.1, 0.15) is 11.6 Å². The number of carbonyl (C=O) groups is 1. The highest BCUT2D eigenvalue weighted by Gasteiger charge is 2.17. The summed E-state index contributed by atoms with van der Waals surface area (Å²) in [5.41, 5.74) is 1.35. The summed E-state index contributed by atoms with van der Waals surface area (Å²) in [6, 6.07) is 2.94. The zero-order valence-corrected chi connectivity index (χ0v) is 14.0. The van der Waals surface area contributed by atoms with Crippen LogP contribution >= 0.6 is 11.8 Å². The monoisotopic (exact) mass is 327 g/mol. The quantitative estimate of drug-likeness (QED) is 0.844. The molecule has 2 rings (SSSR count). The molecule has 1 aromatic carbocycles. The molecule has 4 nitrogen and oxygen atoms in total. The molecule has 0 saturated heterocycles. The van der Waals surface area contributed by atoms with Crippen LogP contribution in [0.25, 0.3) is 0 Å². The van der Waals surface area contributed by atoms with Crippen molar-refractivity contribution >= 4 is 17.7 Å². The van der Waals surface area contributed by atoms with E-state index in [1.807, 2.05) is 20.8 Å². The van der Waals surface area contributed by atoms with Gasteiger partial charge in [0, 0.05) is 34.6 Å². The van der Waals surface area contributed by atoms with Gasteiger partial charge in [0.15, 0.2) is 6.79 Å². The number of rotatable bonds is 5. The summed E-state index contributed by atoms with van der Waals surface area (Å²) in [7, 11) is 0. The maximum absolute atomic E-state index is 13.6. The predicted molar refractivity (Wildman–Crippen MR) is 85.4 cm³/mol. The van der Waals surface area contributed by atoms with Gasteiger partial charge in [-0.25, -0.2) is 4.39 Å². The summed E-state index contributed by atoms with van der Waals surface area (Å²) in [4.78, 5) is 11.7. The van der Waals surface area contributed by atoms with Crippen LogP contribution < -0.4 is 10.1 Å². The van der Waals surface area contributed by atoms with Crippen LogP contribution in [0.1, 0.15) is 38.3 Å². The molecule has 122 valence electrons. The largest absolute Gasteiger partial charge is 0.467 e. The number of thioether (sulfide) groups is 1. The van der Waals surface area contributed by atoms with Crippen LogP contribution in [0.3, 0.4) is 0 Å². The number of carbonyl (C=O) groups excluding carboxylic acids is 1. The van der Waals surface area contributed by atoms with E-state index in [1.54, 1.807) is 11.8 Å². The van der Waals surface area contributed by atoms with Crippen LogP contribution in [-0.2, 0) is 21.9 Å². The van der Waals surface area contributed by atoms with Gasteiger partial charge in [-0.05, 0) is 32.9 Å². The Morgan fingerprint density at radius 3 is 2.91 bits per heavy atom. The molecule has 0 saturated carbocycles. The molecule has 0 aromatic heterocycles. The van der Waals surface area contributed by atoms with E-state index in [4.69, 9.17) is 9.47 Å². The van der Waals surface area contributed by atoms with Crippen molar-refractivity contribution in [3.05, 3.63) is 29.1 Å². The lowest BCUT2D eigenvalue weighted by Crippen LogP contribution is -2.40. The van der Waals surface area contributed by atoms with Crippen LogP contribution in [0, 0.1) is 5.82 Å². The van der Waals surface area contributed by atoms with Gasteiger partial charge in [-0.1, -0.05) is 0 Å². The highest BCUT2D eigenvalue weighted by molar-refractivity contribution is 7.98. The number of benzene rings is 1. The van der Waals surface area contributed by atoms with E-state index in [0.29, 0.717) is 24.5 Å². The fourth-order valence-corrected chi connectivity index (χ4v) is 3.10. The lowest BCUT2D eigenvalue weighted by Gasteiger charge is -2.21. The molecule has 1 aliphatic heterocycles. The summed E-state index contributed by atoms with van der Waals surface area (Å²) in [5, 5.41) is 2.92. The van der Waals surface area contributed by atoms with Gasteiger partial charge in [0.25, 0.3) is 0 Å². The van der Waals surface area contributed by atoms with Gasteiger partial charge in [0.05, 0.1) is 6.61 Å². The zero-order valence-electron chi connectivity index (χ0n) is 13.2. The Bertz CT molecular complexity index is 543. The Kier molecular flexibility index (Phi) is 5.69. The fourth-order valence-electron chi connectivity index (χ4n) is 2.19. The van der Waals surface area contributed by atoms with Gasteiger partial charge in [0.2, 0.25) is 5.91 Å². The lowest BCUT2D eigenvalue weighted by molar-refractivity contribution is -0.122. The Hall–Kier alpha value is -1.27. The minimum Gasteiger partial charge on any atom is -0.467 e. The zero-order chi connectivity index (χ0) is 16.2. The summed E-state index contributed by atoms with van der Waals surface area (Å²) in [5.74, 6) is 1.77. The average Bonchev–Trinajstić information content (AvgIpc) is 2.41. The maximum atomic E-state index is 13.6. The fraction of sp³-hybridized carbons (Fsp3) is 0.562. The van der Waals surface area contributed by atoms with Crippen LogP contribution in [0.2, 0.25) is 0 Å². The molecule has 0 radical (unpaired) electrons. The van der Waals surface area contributed by atoms with Gasteiger partial charge < -0.3 is 14.8 Å². The van der Waals surface area contributed by atoms with Gasteiger partial charge in [-0.3, -0.25) is 4.79 Å². The van der Waals surface area contributed by atoms with Crippen molar-refractivity contribution in [2.45, 2.75) is 45.1 Å². The summed E-state index contributed by atoms with van der Waals surface area (Å²) >= 11 is 1.59. The molecule has 0 fully saturated rings. The summed E-state index contributed by atoms with van der Waals surface area (Å²) < 4.78 is 24.2. The molecule has 22 heavy (non-hydrogen) atoms. The molecule has 0 unspecified atom stereocenters. The number of amides is 1. The Morgan fingerprint density at radius 2 is 2.18 bits per heavy atom. The second kappa shape index (κ2) is 7.33. The van der Waals surface area contributed by atoms with E-state index in [1.165, 1.54) is 12.1 Å². The molecule has 1 aromatic rings. The van der Waals surface area contributed by atoms with Crippen LogP contribution in [0.5, 0.6) is 5.75 Å². The van der Waals surface area contributed by atoms with E-state index in [-0.39, 0.29) is 24.1 Å². The highest BCUT2D eigenvalue weighted by Crippen LogP contribution is 2.32. The Labute approximate surface area is 134 Å². The number of ether oxygens (including phenoxy) is 2. The topological polar surface area (TPSA) is 47.6 Å². The number of hydrogen-bond acceptors (Lipinski definition) is 4. The van der Waals surface area contributed by atoms with Crippen LogP contribution in [0.4, 0.5) is 4.39 Å². The lowest BCUT2D eigenvalue weighted by atomic mass is 10.1. The third-order valence-corrected chi connectivity index (χ3v) is 4.01. The number of nitrogens with one attached hydrogen (secondary N) is 1. The molecular weight excluding hydrogens is 305 g/mol. The number of halogens is 1. The van der Waals surface area contributed by atoms with Gasteiger partial charge in [-0.15, -0.1) is 0 Å². The van der Waals surface area contributed by atoms with E-state index in [0.717, 1.165) is 16.9 Å². The molecule has 0 spiro atoms. The van der Waals surface area contributed by atoms with Crippen molar-refractivity contribution in [2.75, 3.05) is 12.5 Å². The van der Waals surface area contributed by atoms with Gasteiger partial charge >= 0.3 is 0 Å². The molecule has 1 aliphatic rings. The molecule has 1 amide bonds. The van der Waals surface area contributed by atoms with Crippen molar-refractivity contribution in [1.82, 2.24) is 5.32 Å². The SMILES string of the molecule is CC(C)(C)NC(=O)CCSCc1cc(F)cc2c1OCOC2. The van der Waals surface area contributed by atoms with Crippen molar-refractivity contribution in [1.29, 1.82) is 0 Å². The molecule has 1 heterocycles. The van der Waals surface area contributed by atoms with Crippen LogP contribution in [0.15, 0.2) is 12.1 Å². The van der Waals surface area contributed by atoms with Crippen molar-refractivity contribution < 1.29 is 18.7 Å². The van der Waals surface area contributed by atoms with Crippen molar-refractivity contribution in [2.24, 2.45) is 0 Å². The summed E-state index contributed by atoms with van der Waals surface area (Å²) in [6.45, 7) is 6.44. The molecule has 6 heteroatoms. The van der Waals surface area contributed by atoms with E-state index >= 15 is 0 Å².